The molecule has 0 spiro atoms. The van der Waals surface area contributed by atoms with Crippen LogP contribution in [0.5, 0.6) is 0 Å². The van der Waals surface area contributed by atoms with Gasteiger partial charge in [0.2, 0.25) is 11.8 Å². The van der Waals surface area contributed by atoms with Crippen LogP contribution in [-0.4, -0.2) is 18.4 Å². The molecule has 0 saturated carbocycles. The Kier molecular flexibility index (Phi) is 5.74. The molecule has 1 N–H and O–H groups in total. The molecule has 2 amide bonds. The number of rotatable bonds is 5. The Balaban J connectivity index is 2.08. The summed E-state index contributed by atoms with van der Waals surface area (Å²) in [7, 11) is 0. The fraction of sp³-hybridized carbons (Fsp3) is 0.300. The molecule has 0 bridgehead atoms. The summed E-state index contributed by atoms with van der Waals surface area (Å²) in [6, 6.07) is 15.3. The van der Waals surface area contributed by atoms with Gasteiger partial charge in [0.25, 0.3) is 0 Å². The van der Waals surface area contributed by atoms with E-state index in [9.17, 15) is 9.59 Å². The van der Waals surface area contributed by atoms with Crippen molar-refractivity contribution in [2.24, 2.45) is 0 Å². The van der Waals surface area contributed by atoms with Gasteiger partial charge in [-0.3, -0.25) is 9.59 Å². The van der Waals surface area contributed by atoms with Crippen LogP contribution in [0.3, 0.4) is 0 Å². The van der Waals surface area contributed by atoms with Crippen LogP contribution in [-0.2, 0) is 9.59 Å². The Hall–Kier alpha value is -2.62. The third-order valence-corrected chi connectivity index (χ3v) is 3.89. The number of anilines is 2. The van der Waals surface area contributed by atoms with Gasteiger partial charge < -0.3 is 10.2 Å². The number of hydrogen-bond acceptors (Lipinski definition) is 2. The van der Waals surface area contributed by atoms with Crippen molar-refractivity contribution in [3.05, 3.63) is 59.7 Å². The molecule has 0 aliphatic heterocycles. The topological polar surface area (TPSA) is 49.4 Å². The van der Waals surface area contributed by atoms with Crippen molar-refractivity contribution in [1.82, 2.24) is 0 Å². The third-order valence-electron chi connectivity index (χ3n) is 3.89. The first kappa shape index (κ1) is 17.7. The van der Waals surface area contributed by atoms with Crippen molar-refractivity contribution in [2.75, 3.05) is 16.8 Å². The molecular weight excluding hydrogens is 300 g/mol. The van der Waals surface area contributed by atoms with Crippen molar-refractivity contribution in [2.45, 2.75) is 33.6 Å². The van der Waals surface area contributed by atoms with E-state index in [4.69, 9.17) is 0 Å². The normalized spacial score (nSPS) is 10.5. The molecule has 0 aromatic heterocycles. The summed E-state index contributed by atoms with van der Waals surface area (Å²) in [4.78, 5) is 25.7. The van der Waals surface area contributed by atoms with Crippen LogP contribution in [0, 0.1) is 6.92 Å². The fourth-order valence-corrected chi connectivity index (χ4v) is 2.40. The molecule has 126 valence electrons. The van der Waals surface area contributed by atoms with E-state index in [0.717, 1.165) is 16.9 Å². The third kappa shape index (κ3) is 4.69. The molecule has 24 heavy (non-hydrogen) atoms. The molecule has 2 aromatic carbocycles. The average Bonchev–Trinajstić information content (AvgIpc) is 2.54. The van der Waals surface area contributed by atoms with E-state index in [2.05, 4.69) is 19.2 Å². The maximum atomic E-state index is 12.3. The first-order valence-corrected chi connectivity index (χ1v) is 8.11. The van der Waals surface area contributed by atoms with Gasteiger partial charge in [0, 0.05) is 18.3 Å². The summed E-state index contributed by atoms with van der Waals surface area (Å²) >= 11 is 0. The Bertz CT molecular complexity index is 703. The van der Waals surface area contributed by atoms with Crippen molar-refractivity contribution in [3.63, 3.8) is 0 Å². The summed E-state index contributed by atoms with van der Waals surface area (Å²) in [5.74, 6) is 0.0445. The predicted molar refractivity (Wildman–Crippen MR) is 98.4 cm³/mol. The molecule has 0 radical (unpaired) electrons. The van der Waals surface area contributed by atoms with Gasteiger partial charge in [0.1, 0.15) is 6.54 Å². The number of carbonyl (C=O) groups is 2. The van der Waals surface area contributed by atoms with E-state index in [1.807, 2.05) is 55.5 Å². The highest BCUT2D eigenvalue weighted by atomic mass is 16.2. The summed E-state index contributed by atoms with van der Waals surface area (Å²) in [5, 5.41) is 2.82. The number of nitrogens with one attached hydrogen (secondary N) is 1. The zero-order valence-corrected chi connectivity index (χ0v) is 14.7. The van der Waals surface area contributed by atoms with Crippen molar-refractivity contribution in [1.29, 1.82) is 0 Å². The molecule has 0 heterocycles. The van der Waals surface area contributed by atoms with Gasteiger partial charge in [0.05, 0.1) is 0 Å². The highest BCUT2D eigenvalue weighted by molar-refractivity contribution is 6.01. The summed E-state index contributed by atoms with van der Waals surface area (Å²) in [6.45, 7) is 7.68. The van der Waals surface area contributed by atoms with Gasteiger partial charge in [0.15, 0.2) is 0 Å². The molecular formula is C20H24N2O2. The van der Waals surface area contributed by atoms with Gasteiger partial charge in [-0.05, 0) is 42.7 Å². The lowest BCUT2D eigenvalue weighted by molar-refractivity contribution is -0.120. The number of nitrogens with zero attached hydrogens (tertiary/aromatic N) is 1. The quantitative estimate of drug-likeness (QED) is 0.900. The van der Waals surface area contributed by atoms with E-state index in [0.29, 0.717) is 5.92 Å². The zero-order valence-electron chi connectivity index (χ0n) is 14.7. The highest BCUT2D eigenvalue weighted by Crippen LogP contribution is 2.20. The molecule has 2 aromatic rings. The summed E-state index contributed by atoms with van der Waals surface area (Å²) in [5.41, 5.74) is 3.78. The first-order chi connectivity index (χ1) is 11.4. The molecule has 0 aliphatic rings. The molecule has 0 unspecified atom stereocenters. The Morgan fingerprint density at radius 1 is 1.00 bits per heavy atom. The van der Waals surface area contributed by atoms with Crippen molar-refractivity contribution < 1.29 is 9.59 Å². The van der Waals surface area contributed by atoms with E-state index in [-0.39, 0.29) is 18.4 Å². The molecule has 0 fully saturated rings. The minimum atomic E-state index is -0.220. The van der Waals surface area contributed by atoms with Crippen LogP contribution in [0.2, 0.25) is 0 Å². The second kappa shape index (κ2) is 7.77. The fourth-order valence-electron chi connectivity index (χ4n) is 2.40. The SMILES string of the molecule is CC(=O)N(CC(=O)Nc1ccc(C)cc1)c1ccc(C(C)C)cc1. The Morgan fingerprint density at radius 3 is 2.08 bits per heavy atom. The Labute approximate surface area is 143 Å². The van der Waals surface area contributed by atoms with Gasteiger partial charge in [-0.1, -0.05) is 43.7 Å². The monoisotopic (exact) mass is 324 g/mol. The smallest absolute Gasteiger partial charge is 0.244 e. The van der Waals surface area contributed by atoms with Crippen molar-refractivity contribution in [3.8, 4) is 0 Å². The van der Waals surface area contributed by atoms with Crippen LogP contribution in [0.15, 0.2) is 48.5 Å². The van der Waals surface area contributed by atoms with E-state index < -0.39 is 0 Å². The summed E-state index contributed by atoms with van der Waals surface area (Å²) in [6.07, 6.45) is 0. The molecule has 0 saturated heterocycles. The molecule has 2 rings (SSSR count). The van der Waals surface area contributed by atoms with E-state index >= 15 is 0 Å². The highest BCUT2D eigenvalue weighted by Gasteiger charge is 2.16. The lowest BCUT2D eigenvalue weighted by atomic mass is 10.0. The van der Waals surface area contributed by atoms with Crippen LogP contribution < -0.4 is 10.2 Å². The largest absolute Gasteiger partial charge is 0.325 e. The van der Waals surface area contributed by atoms with Crippen LogP contribution in [0.1, 0.15) is 37.8 Å². The first-order valence-electron chi connectivity index (χ1n) is 8.11. The lowest BCUT2D eigenvalue weighted by Crippen LogP contribution is -2.36. The maximum Gasteiger partial charge on any atom is 0.244 e. The zero-order chi connectivity index (χ0) is 17.7. The standard InChI is InChI=1S/C20H24N2O2/c1-14(2)17-7-11-19(12-8-17)22(16(4)23)13-20(24)21-18-9-5-15(3)6-10-18/h5-12,14H,13H2,1-4H3,(H,21,24). The van der Waals surface area contributed by atoms with Crippen LogP contribution >= 0.6 is 0 Å². The van der Waals surface area contributed by atoms with Gasteiger partial charge in [-0.25, -0.2) is 0 Å². The number of hydrogen-bond donors (Lipinski definition) is 1. The van der Waals surface area contributed by atoms with Gasteiger partial charge in [-0.2, -0.15) is 0 Å². The van der Waals surface area contributed by atoms with Gasteiger partial charge in [-0.15, -0.1) is 0 Å². The maximum absolute atomic E-state index is 12.3. The minimum absolute atomic E-state index is 0.00969. The molecule has 0 aliphatic carbocycles. The minimum Gasteiger partial charge on any atom is -0.325 e. The second-order valence-corrected chi connectivity index (χ2v) is 6.27. The van der Waals surface area contributed by atoms with Crippen LogP contribution in [0.25, 0.3) is 0 Å². The molecule has 4 heteroatoms. The number of aryl methyl sites for hydroxylation is 1. The van der Waals surface area contributed by atoms with Crippen LogP contribution in [0.4, 0.5) is 11.4 Å². The predicted octanol–water partition coefficient (Wildman–Crippen LogP) is 4.11. The number of benzene rings is 2. The number of carbonyl (C=O) groups excluding carboxylic acids is 2. The van der Waals surface area contributed by atoms with Crippen molar-refractivity contribution >= 4 is 23.2 Å². The lowest BCUT2D eigenvalue weighted by Gasteiger charge is -2.21. The summed E-state index contributed by atoms with van der Waals surface area (Å²) < 4.78 is 0. The number of amides is 2. The van der Waals surface area contributed by atoms with E-state index in [1.54, 1.807) is 0 Å². The van der Waals surface area contributed by atoms with E-state index in [1.165, 1.54) is 17.4 Å². The van der Waals surface area contributed by atoms with Gasteiger partial charge >= 0.3 is 0 Å². The second-order valence-electron chi connectivity index (χ2n) is 6.27. The molecule has 0 atom stereocenters. The average molecular weight is 324 g/mol. The molecule has 4 nitrogen and oxygen atoms in total. The Morgan fingerprint density at radius 2 is 1.58 bits per heavy atom.